The van der Waals surface area contributed by atoms with Crippen LogP contribution >= 0.6 is 11.6 Å². The Hall–Kier alpha value is -2.08. The average molecular weight is 370 g/mol. The number of nitrogens with zero attached hydrogens (tertiary/aromatic N) is 2. The molecule has 1 heterocycles. The molecular formula is C18H23ClN2O4. The predicted molar refractivity (Wildman–Crippen MR) is 96.3 cm³/mol. The van der Waals surface area contributed by atoms with Crippen LogP contribution in [-0.4, -0.2) is 36.2 Å². The van der Waals surface area contributed by atoms with E-state index < -0.39 is 7.04 Å². The molecule has 2 rings (SSSR count). The number of halogens is 1. The van der Waals surface area contributed by atoms with Crippen molar-refractivity contribution in [2.24, 2.45) is 0 Å². The highest BCUT2D eigenvalue weighted by molar-refractivity contribution is 6.34. The van der Waals surface area contributed by atoms with Crippen LogP contribution in [0.5, 0.6) is 11.5 Å². The van der Waals surface area contributed by atoms with Crippen molar-refractivity contribution in [1.82, 2.24) is 9.97 Å². The third-order valence-corrected chi connectivity index (χ3v) is 3.90. The van der Waals surface area contributed by atoms with Crippen molar-refractivity contribution in [1.29, 1.82) is 0 Å². The van der Waals surface area contributed by atoms with Crippen molar-refractivity contribution in [3.8, 4) is 11.5 Å². The largest absolute Gasteiger partial charge is 0.493 e. The summed E-state index contributed by atoms with van der Waals surface area (Å²) >= 11 is 6.08. The fraction of sp³-hybridized carbons (Fsp3) is 0.500. The molecule has 2 aromatic rings. The molecule has 0 fully saturated rings. The van der Waals surface area contributed by atoms with E-state index in [9.17, 15) is 4.79 Å². The van der Waals surface area contributed by atoms with E-state index in [1.54, 1.807) is 13.0 Å². The zero-order chi connectivity index (χ0) is 20.6. The van der Waals surface area contributed by atoms with Crippen LogP contribution in [0.1, 0.15) is 43.1 Å². The number of rotatable bonds is 10. The average Bonchev–Trinajstić information content (AvgIpc) is 2.60. The highest BCUT2D eigenvalue weighted by Crippen LogP contribution is 2.33. The van der Waals surface area contributed by atoms with E-state index in [1.165, 1.54) is 12.4 Å². The van der Waals surface area contributed by atoms with Gasteiger partial charge in [0.2, 0.25) is 0 Å². The number of aromatic nitrogens is 2. The lowest BCUT2D eigenvalue weighted by Gasteiger charge is -2.12. The molecule has 0 aliphatic heterocycles. The first-order valence-corrected chi connectivity index (χ1v) is 8.59. The van der Waals surface area contributed by atoms with E-state index in [-0.39, 0.29) is 22.6 Å². The van der Waals surface area contributed by atoms with Gasteiger partial charge < -0.3 is 14.2 Å². The van der Waals surface area contributed by atoms with Crippen LogP contribution in [0, 0.1) is 0 Å². The summed E-state index contributed by atoms with van der Waals surface area (Å²) in [5.41, 5.74) is 0.463. The first kappa shape index (κ1) is 15.2. The number of esters is 1. The SMILES string of the molecule is [2H]C([2H])([2H])Oc1cc2ncnc(Cl)c2cc1OCCCCCCC(=O)OCC. The molecule has 7 heteroatoms. The summed E-state index contributed by atoms with van der Waals surface area (Å²) < 4.78 is 37.6. The van der Waals surface area contributed by atoms with Gasteiger partial charge >= 0.3 is 5.97 Å². The fourth-order valence-corrected chi connectivity index (χ4v) is 2.56. The van der Waals surface area contributed by atoms with Crippen LogP contribution < -0.4 is 9.47 Å². The summed E-state index contributed by atoms with van der Waals surface area (Å²) in [4.78, 5) is 19.3. The van der Waals surface area contributed by atoms with Gasteiger partial charge in [0.05, 0.1) is 29.9 Å². The number of benzene rings is 1. The number of hydrogen-bond acceptors (Lipinski definition) is 6. The minimum Gasteiger partial charge on any atom is -0.493 e. The van der Waals surface area contributed by atoms with E-state index in [2.05, 4.69) is 9.97 Å². The Balaban J connectivity index is 1.94. The molecule has 0 unspecified atom stereocenters. The Bertz CT molecular complexity index is 802. The fourth-order valence-electron chi connectivity index (χ4n) is 2.37. The van der Waals surface area contributed by atoms with Gasteiger partial charge in [0.15, 0.2) is 11.5 Å². The number of fused-ring (bicyclic) bond motifs is 1. The molecule has 0 aliphatic rings. The molecular weight excluding hydrogens is 344 g/mol. The summed E-state index contributed by atoms with van der Waals surface area (Å²) in [7, 11) is -2.62. The molecule has 0 bridgehead atoms. The number of ether oxygens (including phenoxy) is 3. The lowest BCUT2D eigenvalue weighted by atomic mass is 10.1. The first-order chi connectivity index (χ1) is 13.3. The third-order valence-electron chi connectivity index (χ3n) is 3.60. The van der Waals surface area contributed by atoms with Crippen LogP contribution in [0.4, 0.5) is 0 Å². The minimum atomic E-state index is -2.62. The Labute approximate surface area is 156 Å². The maximum absolute atomic E-state index is 11.3. The molecule has 25 heavy (non-hydrogen) atoms. The van der Waals surface area contributed by atoms with Gasteiger partial charge in [-0.25, -0.2) is 9.97 Å². The molecule has 1 aromatic heterocycles. The van der Waals surface area contributed by atoms with Crippen LogP contribution in [0.2, 0.25) is 5.15 Å². The maximum Gasteiger partial charge on any atom is 0.305 e. The topological polar surface area (TPSA) is 70.5 Å². The Kier molecular flexibility index (Phi) is 6.10. The second-order valence-corrected chi connectivity index (χ2v) is 5.76. The third kappa shape index (κ3) is 5.74. The molecule has 0 saturated heterocycles. The van der Waals surface area contributed by atoms with Crippen molar-refractivity contribution >= 4 is 28.5 Å². The highest BCUT2D eigenvalue weighted by atomic mass is 35.5. The predicted octanol–water partition coefficient (Wildman–Crippen LogP) is 4.18. The summed E-state index contributed by atoms with van der Waals surface area (Å²) in [5, 5.41) is 0.792. The van der Waals surface area contributed by atoms with Crippen molar-refractivity contribution in [3.63, 3.8) is 0 Å². The van der Waals surface area contributed by atoms with Gasteiger partial charge in [0.1, 0.15) is 11.5 Å². The van der Waals surface area contributed by atoms with Gasteiger partial charge in [-0.15, -0.1) is 0 Å². The molecule has 0 saturated carbocycles. The minimum absolute atomic E-state index is 0.0737. The Morgan fingerprint density at radius 3 is 2.84 bits per heavy atom. The molecule has 0 N–H and O–H groups in total. The molecule has 6 nitrogen and oxygen atoms in total. The van der Waals surface area contributed by atoms with E-state index in [0.717, 1.165) is 25.7 Å². The number of carbonyl (C=O) groups excluding carboxylic acids is 1. The first-order valence-electron chi connectivity index (χ1n) is 9.72. The van der Waals surface area contributed by atoms with E-state index in [4.69, 9.17) is 29.9 Å². The van der Waals surface area contributed by atoms with Crippen molar-refractivity contribution in [3.05, 3.63) is 23.6 Å². The summed E-state index contributed by atoms with van der Waals surface area (Å²) in [5.74, 6) is 0.164. The Morgan fingerprint density at radius 1 is 1.20 bits per heavy atom. The van der Waals surface area contributed by atoms with Gasteiger partial charge in [0, 0.05) is 17.9 Å². The quantitative estimate of drug-likeness (QED) is 0.355. The monoisotopic (exact) mass is 369 g/mol. The summed E-state index contributed by atoms with van der Waals surface area (Å²) in [6.45, 7) is 2.55. The number of carbonyl (C=O) groups is 1. The van der Waals surface area contributed by atoms with Gasteiger partial charge in [-0.2, -0.15) is 0 Å². The Morgan fingerprint density at radius 2 is 2.04 bits per heavy atom. The number of hydrogen-bond donors (Lipinski definition) is 0. The van der Waals surface area contributed by atoms with Gasteiger partial charge in [-0.3, -0.25) is 4.79 Å². The number of methoxy groups -OCH3 is 1. The van der Waals surface area contributed by atoms with Gasteiger partial charge in [0.25, 0.3) is 0 Å². The lowest BCUT2D eigenvalue weighted by Crippen LogP contribution is -2.03. The van der Waals surface area contributed by atoms with Crippen molar-refractivity contribution in [2.75, 3.05) is 20.3 Å². The van der Waals surface area contributed by atoms with Crippen LogP contribution in [0.25, 0.3) is 10.9 Å². The van der Waals surface area contributed by atoms with Crippen LogP contribution in [0.3, 0.4) is 0 Å². The van der Waals surface area contributed by atoms with Crippen LogP contribution in [-0.2, 0) is 9.53 Å². The van der Waals surface area contributed by atoms with Crippen molar-refractivity contribution in [2.45, 2.75) is 39.0 Å². The maximum atomic E-state index is 11.3. The summed E-state index contributed by atoms with van der Waals surface area (Å²) in [6.07, 6.45) is 4.95. The molecule has 0 atom stereocenters. The smallest absolute Gasteiger partial charge is 0.305 e. The molecule has 0 spiro atoms. The normalized spacial score (nSPS) is 13.0. The summed E-state index contributed by atoms with van der Waals surface area (Å²) in [6, 6.07) is 3.06. The standard InChI is InChI=1S/C18H23ClN2O4/c1-3-24-17(22)8-6-4-5-7-9-25-16-10-13-14(11-15(16)23-2)20-12-21-18(13)19/h10-12H,3-9H2,1-2H3/i2D3. The van der Waals surface area contributed by atoms with Crippen LogP contribution in [0.15, 0.2) is 18.5 Å². The molecule has 0 amide bonds. The van der Waals surface area contributed by atoms with Gasteiger partial charge in [-0.1, -0.05) is 24.4 Å². The van der Waals surface area contributed by atoms with E-state index in [0.29, 0.717) is 30.5 Å². The van der Waals surface area contributed by atoms with Gasteiger partial charge in [-0.05, 0) is 25.8 Å². The zero-order valence-electron chi connectivity index (χ0n) is 17.1. The number of unbranched alkanes of at least 4 members (excludes halogenated alkanes) is 3. The molecule has 0 radical (unpaired) electrons. The highest BCUT2D eigenvalue weighted by Gasteiger charge is 2.10. The van der Waals surface area contributed by atoms with E-state index in [1.807, 2.05) is 0 Å². The molecule has 136 valence electrons. The van der Waals surface area contributed by atoms with E-state index >= 15 is 0 Å². The molecule has 1 aromatic carbocycles. The second-order valence-electron chi connectivity index (χ2n) is 5.40. The van der Waals surface area contributed by atoms with Crippen molar-refractivity contribution < 1.29 is 23.1 Å². The lowest BCUT2D eigenvalue weighted by molar-refractivity contribution is -0.143. The second kappa shape index (κ2) is 10.0. The zero-order valence-corrected chi connectivity index (χ0v) is 14.8. The molecule has 0 aliphatic carbocycles.